The van der Waals surface area contributed by atoms with Gasteiger partial charge in [-0.3, -0.25) is 9.52 Å². The number of hydrogen-bond donors (Lipinski definition) is 3. The van der Waals surface area contributed by atoms with Crippen LogP contribution in [0.5, 0.6) is 0 Å². The lowest BCUT2D eigenvalue weighted by molar-refractivity contribution is 0.0940. The average Bonchev–Trinajstić information content (AvgIpc) is 2.86. The summed E-state index contributed by atoms with van der Waals surface area (Å²) in [6, 6.07) is 6.63. The SMILES string of the molecule is CNc1snc(C)c1C(=O)N[C@@H](C)c1cccc(NS(C)(=O)=O)c1. The van der Waals surface area contributed by atoms with Crippen LogP contribution in [-0.4, -0.2) is 32.0 Å². The van der Waals surface area contributed by atoms with Crippen LogP contribution in [-0.2, 0) is 10.0 Å². The second-order valence-corrected chi connectivity index (χ2v) is 7.94. The van der Waals surface area contributed by atoms with Gasteiger partial charge in [0.15, 0.2) is 0 Å². The van der Waals surface area contributed by atoms with Gasteiger partial charge in [-0.05, 0) is 43.1 Å². The van der Waals surface area contributed by atoms with E-state index >= 15 is 0 Å². The summed E-state index contributed by atoms with van der Waals surface area (Å²) < 4.78 is 29.3. The number of rotatable bonds is 6. The maximum absolute atomic E-state index is 12.5. The second-order valence-electron chi connectivity index (χ2n) is 5.42. The molecule has 0 aliphatic heterocycles. The van der Waals surface area contributed by atoms with Crippen molar-refractivity contribution in [3.05, 3.63) is 41.1 Å². The number of aryl methyl sites for hydroxylation is 1. The third-order valence-electron chi connectivity index (χ3n) is 3.35. The first-order valence-corrected chi connectivity index (χ1v) is 9.90. The van der Waals surface area contributed by atoms with Gasteiger partial charge in [0.25, 0.3) is 5.91 Å². The highest BCUT2D eigenvalue weighted by Gasteiger charge is 2.20. The molecule has 24 heavy (non-hydrogen) atoms. The standard InChI is InChI=1S/C15H20N4O3S2/c1-9(11-6-5-7-12(8-11)19-24(4,21)22)17-14(20)13-10(2)18-23-15(13)16-3/h5-9,16,19H,1-4H3,(H,17,20)/t9-/m0/s1. The molecule has 0 bridgehead atoms. The topological polar surface area (TPSA) is 100 Å². The van der Waals surface area contributed by atoms with E-state index in [1.807, 2.05) is 13.0 Å². The van der Waals surface area contributed by atoms with Crippen molar-refractivity contribution < 1.29 is 13.2 Å². The molecule has 0 radical (unpaired) electrons. The van der Waals surface area contributed by atoms with E-state index in [4.69, 9.17) is 0 Å². The van der Waals surface area contributed by atoms with Gasteiger partial charge in [0, 0.05) is 12.7 Å². The van der Waals surface area contributed by atoms with Crippen molar-refractivity contribution in [3.63, 3.8) is 0 Å². The fourth-order valence-corrected chi connectivity index (χ4v) is 3.54. The molecule has 0 aliphatic carbocycles. The summed E-state index contributed by atoms with van der Waals surface area (Å²) in [5, 5.41) is 6.59. The number of carbonyl (C=O) groups is 1. The molecule has 0 saturated carbocycles. The molecule has 9 heteroatoms. The van der Waals surface area contributed by atoms with E-state index in [9.17, 15) is 13.2 Å². The first-order valence-electron chi connectivity index (χ1n) is 7.24. The lowest BCUT2D eigenvalue weighted by Gasteiger charge is -2.16. The van der Waals surface area contributed by atoms with Crippen molar-refractivity contribution in [2.45, 2.75) is 19.9 Å². The number of nitrogens with one attached hydrogen (secondary N) is 3. The second kappa shape index (κ2) is 7.18. The van der Waals surface area contributed by atoms with Crippen molar-refractivity contribution in [1.29, 1.82) is 0 Å². The van der Waals surface area contributed by atoms with E-state index in [1.54, 1.807) is 32.2 Å². The lowest BCUT2D eigenvalue weighted by atomic mass is 10.1. The van der Waals surface area contributed by atoms with Crippen LogP contribution in [0.2, 0.25) is 0 Å². The zero-order chi connectivity index (χ0) is 17.9. The molecule has 0 unspecified atom stereocenters. The van der Waals surface area contributed by atoms with Gasteiger partial charge < -0.3 is 10.6 Å². The monoisotopic (exact) mass is 368 g/mol. The van der Waals surface area contributed by atoms with Gasteiger partial charge in [-0.2, -0.15) is 4.37 Å². The molecule has 1 aromatic carbocycles. The van der Waals surface area contributed by atoms with Crippen LogP contribution in [0.25, 0.3) is 0 Å². The number of benzene rings is 1. The number of nitrogens with zero attached hydrogens (tertiary/aromatic N) is 1. The van der Waals surface area contributed by atoms with E-state index < -0.39 is 10.0 Å². The smallest absolute Gasteiger partial charge is 0.256 e. The normalized spacial score (nSPS) is 12.5. The summed E-state index contributed by atoms with van der Waals surface area (Å²) in [6.07, 6.45) is 1.09. The first-order chi connectivity index (χ1) is 11.2. The molecule has 0 aliphatic rings. The highest BCUT2D eigenvalue weighted by molar-refractivity contribution is 7.92. The molecule has 130 valence electrons. The molecule has 1 heterocycles. The molecule has 2 rings (SSSR count). The van der Waals surface area contributed by atoms with Crippen molar-refractivity contribution in [3.8, 4) is 0 Å². The summed E-state index contributed by atoms with van der Waals surface area (Å²) in [5.74, 6) is -0.223. The van der Waals surface area contributed by atoms with Gasteiger partial charge in [-0.1, -0.05) is 12.1 Å². The Balaban J connectivity index is 2.17. The summed E-state index contributed by atoms with van der Waals surface area (Å²) in [5.41, 5.74) is 2.45. The summed E-state index contributed by atoms with van der Waals surface area (Å²) in [4.78, 5) is 12.5. The average molecular weight is 368 g/mol. The predicted octanol–water partition coefficient (Wildman–Crippen LogP) is 2.36. The van der Waals surface area contributed by atoms with Gasteiger partial charge >= 0.3 is 0 Å². The molecule has 1 amide bonds. The molecule has 0 fully saturated rings. The Morgan fingerprint density at radius 1 is 1.33 bits per heavy atom. The molecule has 2 aromatic rings. The van der Waals surface area contributed by atoms with Crippen LogP contribution in [0.3, 0.4) is 0 Å². The fraction of sp³-hybridized carbons (Fsp3) is 0.333. The number of sulfonamides is 1. The Morgan fingerprint density at radius 2 is 2.04 bits per heavy atom. The Bertz CT molecular complexity index is 846. The third-order valence-corrected chi connectivity index (χ3v) is 4.92. The fourth-order valence-electron chi connectivity index (χ4n) is 2.25. The minimum Gasteiger partial charge on any atom is -0.378 e. The van der Waals surface area contributed by atoms with Gasteiger partial charge in [0.05, 0.1) is 23.6 Å². The van der Waals surface area contributed by atoms with Crippen molar-refractivity contribution in [1.82, 2.24) is 9.69 Å². The number of aromatic nitrogens is 1. The van der Waals surface area contributed by atoms with Crippen LogP contribution in [0.4, 0.5) is 10.7 Å². The number of amides is 1. The zero-order valence-corrected chi connectivity index (χ0v) is 15.5. The van der Waals surface area contributed by atoms with Crippen LogP contribution in [0.1, 0.15) is 34.6 Å². The summed E-state index contributed by atoms with van der Waals surface area (Å²) >= 11 is 1.24. The maximum Gasteiger partial charge on any atom is 0.256 e. The van der Waals surface area contributed by atoms with Crippen molar-refractivity contribution >= 4 is 38.2 Å². The third kappa shape index (κ3) is 4.45. The predicted molar refractivity (Wildman–Crippen MR) is 97.2 cm³/mol. The van der Waals surface area contributed by atoms with Gasteiger partial charge in [0.2, 0.25) is 10.0 Å². The quantitative estimate of drug-likeness (QED) is 0.727. The van der Waals surface area contributed by atoms with Gasteiger partial charge in [-0.15, -0.1) is 0 Å². The van der Waals surface area contributed by atoms with Gasteiger partial charge in [-0.25, -0.2) is 8.42 Å². The van der Waals surface area contributed by atoms with E-state index in [0.717, 1.165) is 11.8 Å². The van der Waals surface area contributed by atoms with Crippen LogP contribution < -0.4 is 15.4 Å². The molecule has 1 atom stereocenters. The minimum atomic E-state index is -3.35. The van der Waals surface area contributed by atoms with E-state index in [-0.39, 0.29) is 11.9 Å². The van der Waals surface area contributed by atoms with Crippen LogP contribution in [0, 0.1) is 6.92 Å². The Kier molecular flexibility index (Phi) is 5.45. The minimum absolute atomic E-state index is 0.223. The van der Waals surface area contributed by atoms with Crippen molar-refractivity contribution in [2.75, 3.05) is 23.3 Å². The van der Waals surface area contributed by atoms with Crippen LogP contribution in [0.15, 0.2) is 24.3 Å². The summed E-state index contributed by atoms with van der Waals surface area (Å²) in [6.45, 7) is 3.62. The molecule has 0 spiro atoms. The number of anilines is 2. The number of carbonyl (C=O) groups excluding carboxylic acids is 1. The molecule has 3 N–H and O–H groups in total. The van der Waals surface area contributed by atoms with E-state index in [2.05, 4.69) is 19.7 Å². The Morgan fingerprint density at radius 3 is 2.67 bits per heavy atom. The van der Waals surface area contributed by atoms with Crippen LogP contribution >= 0.6 is 11.5 Å². The summed E-state index contributed by atoms with van der Waals surface area (Å²) in [7, 11) is -1.60. The van der Waals surface area contributed by atoms with Gasteiger partial charge in [0.1, 0.15) is 5.00 Å². The molecule has 1 aromatic heterocycles. The molecule has 0 saturated heterocycles. The Hall–Kier alpha value is -2.13. The number of hydrogen-bond acceptors (Lipinski definition) is 6. The van der Waals surface area contributed by atoms with E-state index in [0.29, 0.717) is 21.9 Å². The largest absolute Gasteiger partial charge is 0.378 e. The lowest BCUT2D eigenvalue weighted by Crippen LogP contribution is -2.27. The highest BCUT2D eigenvalue weighted by atomic mass is 32.2. The maximum atomic E-state index is 12.5. The molecular formula is C15H20N4O3S2. The highest BCUT2D eigenvalue weighted by Crippen LogP contribution is 2.25. The van der Waals surface area contributed by atoms with E-state index in [1.165, 1.54) is 11.5 Å². The molecule has 7 nitrogen and oxygen atoms in total. The Labute approximate surface area is 145 Å². The van der Waals surface area contributed by atoms with Crippen molar-refractivity contribution in [2.24, 2.45) is 0 Å². The first kappa shape index (κ1) is 18.2. The zero-order valence-electron chi connectivity index (χ0n) is 13.9. The molecular weight excluding hydrogens is 348 g/mol.